The third-order valence-corrected chi connectivity index (χ3v) is 4.82. The van der Waals surface area contributed by atoms with Crippen molar-refractivity contribution in [2.75, 3.05) is 6.61 Å². The summed E-state index contributed by atoms with van der Waals surface area (Å²) in [7, 11) is 0. The zero-order chi connectivity index (χ0) is 18.9. The maximum absolute atomic E-state index is 12.0. The van der Waals surface area contributed by atoms with Gasteiger partial charge in [0.1, 0.15) is 5.75 Å². The molecule has 2 rings (SSSR count). The van der Waals surface area contributed by atoms with Gasteiger partial charge in [-0.15, -0.1) is 0 Å². The number of carbonyl (C=O) groups excluding carboxylic acids is 2. The minimum absolute atomic E-state index is 0.0489. The van der Waals surface area contributed by atoms with Crippen molar-refractivity contribution in [2.24, 2.45) is 5.10 Å². The average molecular weight is 424 g/mol. The van der Waals surface area contributed by atoms with Gasteiger partial charge in [0.05, 0.1) is 10.9 Å². The van der Waals surface area contributed by atoms with E-state index < -0.39 is 0 Å². The van der Waals surface area contributed by atoms with Crippen molar-refractivity contribution in [2.45, 2.75) is 58.4 Å². The van der Waals surface area contributed by atoms with Crippen LogP contribution in [0, 0.1) is 6.92 Å². The summed E-state index contributed by atoms with van der Waals surface area (Å²) < 4.78 is 6.26. The zero-order valence-corrected chi connectivity index (χ0v) is 16.9. The Morgan fingerprint density at radius 2 is 1.96 bits per heavy atom. The second kappa shape index (κ2) is 10.3. The van der Waals surface area contributed by atoms with Crippen molar-refractivity contribution < 1.29 is 14.3 Å². The third-order valence-electron chi connectivity index (χ3n) is 4.20. The first kappa shape index (κ1) is 20.4. The van der Waals surface area contributed by atoms with Crippen molar-refractivity contribution in [3.05, 3.63) is 28.2 Å². The van der Waals surface area contributed by atoms with E-state index in [9.17, 15) is 9.59 Å². The van der Waals surface area contributed by atoms with Crippen molar-refractivity contribution in [1.82, 2.24) is 10.7 Å². The van der Waals surface area contributed by atoms with Crippen molar-refractivity contribution in [3.8, 4) is 5.75 Å². The highest BCUT2D eigenvalue weighted by Gasteiger charge is 2.16. The van der Waals surface area contributed by atoms with Gasteiger partial charge in [0, 0.05) is 11.8 Å². The van der Waals surface area contributed by atoms with Crippen LogP contribution in [0.15, 0.2) is 27.8 Å². The lowest BCUT2D eigenvalue weighted by Crippen LogP contribution is -2.37. The minimum Gasteiger partial charge on any atom is -0.483 e. The van der Waals surface area contributed by atoms with Crippen LogP contribution in [0.1, 0.15) is 51.0 Å². The largest absolute Gasteiger partial charge is 0.483 e. The highest BCUT2D eigenvalue weighted by molar-refractivity contribution is 9.10. The van der Waals surface area contributed by atoms with Gasteiger partial charge >= 0.3 is 0 Å². The Hall–Kier alpha value is -1.89. The number of hydrogen-bond acceptors (Lipinski definition) is 4. The molecule has 0 aromatic heterocycles. The molecule has 1 aliphatic rings. The molecule has 0 saturated heterocycles. The molecule has 2 amide bonds. The van der Waals surface area contributed by atoms with Gasteiger partial charge in [0.25, 0.3) is 5.91 Å². The number of carbonyl (C=O) groups is 2. The molecule has 142 valence electrons. The van der Waals surface area contributed by atoms with Crippen LogP contribution >= 0.6 is 15.9 Å². The first-order valence-corrected chi connectivity index (χ1v) is 9.73. The lowest BCUT2D eigenvalue weighted by molar-refractivity contribution is -0.123. The highest BCUT2D eigenvalue weighted by atomic mass is 79.9. The summed E-state index contributed by atoms with van der Waals surface area (Å²) >= 11 is 3.40. The van der Waals surface area contributed by atoms with Crippen LogP contribution in [0.5, 0.6) is 5.75 Å². The molecule has 6 nitrogen and oxygen atoms in total. The quantitative estimate of drug-likeness (QED) is 0.520. The number of hydrogen-bond donors (Lipinski definition) is 2. The molecule has 1 aliphatic carbocycles. The number of halogens is 1. The molecule has 0 aliphatic heterocycles. The number of amides is 2. The fourth-order valence-electron chi connectivity index (χ4n) is 2.85. The molecule has 1 aromatic carbocycles. The van der Waals surface area contributed by atoms with E-state index in [0.29, 0.717) is 11.5 Å². The van der Waals surface area contributed by atoms with Crippen LogP contribution in [0.2, 0.25) is 0 Å². The molecular formula is C19H26BrN3O3. The Labute approximate surface area is 162 Å². The van der Waals surface area contributed by atoms with Gasteiger partial charge < -0.3 is 10.1 Å². The summed E-state index contributed by atoms with van der Waals surface area (Å²) in [5.74, 6) is 0.176. The van der Waals surface area contributed by atoms with E-state index in [1.165, 1.54) is 19.3 Å². The third kappa shape index (κ3) is 7.15. The van der Waals surface area contributed by atoms with Crippen molar-refractivity contribution in [1.29, 1.82) is 0 Å². The number of ether oxygens (including phenoxy) is 1. The Morgan fingerprint density at radius 3 is 2.65 bits per heavy atom. The molecule has 0 spiro atoms. The molecule has 1 saturated carbocycles. The number of nitrogens with zero attached hydrogens (tertiary/aromatic N) is 1. The summed E-state index contributed by atoms with van der Waals surface area (Å²) in [5, 5.41) is 7.00. The van der Waals surface area contributed by atoms with E-state index in [1.54, 1.807) is 13.0 Å². The lowest BCUT2D eigenvalue weighted by atomic mass is 9.95. The van der Waals surface area contributed by atoms with E-state index in [-0.39, 0.29) is 30.9 Å². The smallest absolute Gasteiger partial charge is 0.277 e. The predicted octanol–water partition coefficient (Wildman–Crippen LogP) is 3.47. The molecule has 0 unspecified atom stereocenters. The molecule has 0 heterocycles. The molecule has 26 heavy (non-hydrogen) atoms. The van der Waals surface area contributed by atoms with E-state index in [1.807, 2.05) is 19.1 Å². The minimum atomic E-state index is -0.371. The molecule has 0 radical (unpaired) electrons. The summed E-state index contributed by atoms with van der Waals surface area (Å²) in [4.78, 5) is 23.9. The fraction of sp³-hybridized carbons (Fsp3) is 0.526. The van der Waals surface area contributed by atoms with Gasteiger partial charge in [-0.3, -0.25) is 9.59 Å². The monoisotopic (exact) mass is 423 g/mol. The van der Waals surface area contributed by atoms with Gasteiger partial charge in [-0.05, 0) is 60.3 Å². The number of rotatable bonds is 7. The maximum Gasteiger partial charge on any atom is 0.277 e. The summed E-state index contributed by atoms with van der Waals surface area (Å²) in [5.41, 5.74) is 4.08. The highest BCUT2D eigenvalue weighted by Crippen LogP contribution is 2.25. The first-order chi connectivity index (χ1) is 12.4. The average Bonchev–Trinajstić information content (AvgIpc) is 2.60. The molecule has 1 aromatic rings. The second-order valence-corrected chi connectivity index (χ2v) is 7.54. The topological polar surface area (TPSA) is 79.8 Å². The Kier molecular flexibility index (Phi) is 8.09. The van der Waals surface area contributed by atoms with E-state index in [0.717, 1.165) is 22.9 Å². The normalized spacial score (nSPS) is 15.4. The molecule has 0 bridgehead atoms. The number of nitrogens with one attached hydrogen (secondary N) is 2. The van der Waals surface area contributed by atoms with Gasteiger partial charge in [0.15, 0.2) is 6.61 Å². The van der Waals surface area contributed by atoms with Gasteiger partial charge in [0.2, 0.25) is 5.91 Å². The van der Waals surface area contributed by atoms with Crippen molar-refractivity contribution in [3.63, 3.8) is 0 Å². The number of aryl methyl sites for hydroxylation is 1. The maximum atomic E-state index is 12.0. The Bertz CT molecular complexity index is 670. The van der Waals surface area contributed by atoms with Crippen LogP contribution in [-0.2, 0) is 9.59 Å². The first-order valence-electron chi connectivity index (χ1n) is 8.94. The lowest BCUT2D eigenvalue weighted by Gasteiger charge is -2.22. The van der Waals surface area contributed by atoms with E-state index in [4.69, 9.17) is 4.74 Å². The SMILES string of the molecule is C/C(CC(=O)NC1CCCCC1)=N/NC(=O)COc1ccc(C)cc1Br. The van der Waals surface area contributed by atoms with E-state index >= 15 is 0 Å². The number of benzene rings is 1. The van der Waals surface area contributed by atoms with Gasteiger partial charge in [-0.2, -0.15) is 5.10 Å². The van der Waals surface area contributed by atoms with Crippen LogP contribution in [0.3, 0.4) is 0 Å². The Balaban J connectivity index is 1.71. The Morgan fingerprint density at radius 1 is 1.23 bits per heavy atom. The summed E-state index contributed by atoms with van der Waals surface area (Å²) in [6.45, 7) is 3.55. The van der Waals surface area contributed by atoms with Gasteiger partial charge in [-0.1, -0.05) is 25.3 Å². The summed E-state index contributed by atoms with van der Waals surface area (Å²) in [6.07, 6.45) is 5.87. The van der Waals surface area contributed by atoms with Crippen LogP contribution < -0.4 is 15.5 Å². The van der Waals surface area contributed by atoms with Crippen LogP contribution in [0.25, 0.3) is 0 Å². The van der Waals surface area contributed by atoms with Crippen LogP contribution in [-0.4, -0.2) is 30.2 Å². The molecular weight excluding hydrogens is 398 g/mol. The molecule has 0 atom stereocenters. The van der Waals surface area contributed by atoms with Crippen LogP contribution in [0.4, 0.5) is 0 Å². The molecule has 1 fully saturated rings. The second-order valence-electron chi connectivity index (χ2n) is 6.68. The standard InChI is InChI=1S/C19H26BrN3O3/c1-13-8-9-17(16(20)10-13)26-12-19(25)23-22-14(2)11-18(24)21-15-6-4-3-5-7-15/h8-10,15H,3-7,11-12H2,1-2H3,(H,21,24)(H,23,25)/b22-14-. The fourth-order valence-corrected chi connectivity index (χ4v) is 3.46. The summed E-state index contributed by atoms with van der Waals surface area (Å²) in [6, 6.07) is 5.91. The zero-order valence-electron chi connectivity index (χ0n) is 15.3. The van der Waals surface area contributed by atoms with Gasteiger partial charge in [-0.25, -0.2) is 5.43 Å². The number of hydrazone groups is 1. The van der Waals surface area contributed by atoms with E-state index in [2.05, 4.69) is 31.8 Å². The predicted molar refractivity (Wildman–Crippen MR) is 105 cm³/mol. The molecule has 7 heteroatoms. The van der Waals surface area contributed by atoms with Crippen molar-refractivity contribution >= 4 is 33.5 Å². The molecule has 2 N–H and O–H groups in total.